The SMILES string of the molecule is CC(C)CN(C)Cc1ccoc1CNC(C)C. The molecule has 0 saturated heterocycles. The van der Waals surface area contributed by atoms with Crippen molar-refractivity contribution in [3.63, 3.8) is 0 Å². The molecule has 1 aromatic rings. The lowest BCUT2D eigenvalue weighted by Crippen LogP contribution is -2.25. The Morgan fingerprint density at radius 2 is 2.00 bits per heavy atom. The van der Waals surface area contributed by atoms with Gasteiger partial charge in [0, 0.05) is 24.7 Å². The van der Waals surface area contributed by atoms with Gasteiger partial charge in [-0.3, -0.25) is 0 Å². The molecule has 0 aliphatic rings. The zero-order valence-corrected chi connectivity index (χ0v) is 11.8. The predicted octanol–water partition coefficient (Wildman–Crippen LogP) is 2.87. The van der Waals surface area contributed by atoms with Crippen molar-refractivity contribution in [3.8, 4) is 0 Å². The van der Waals surface area contributed by atoms with Crippen LogP contribution in [0.5, 0.6) is 0 Å². The van der Waals surface area contributed by atoms with Gasteiger partial charge in [-0.2, -0.15) is 0 Å². The van der Waals surface area contributed by atoms with Gasteiger partial charge in [-0.05, 0) is 19.0 Å². The highest BCUT2D eigenvalue weighted by atomic mass is 16.3. The van der Waals surface area contributed by atoms with Crippen LogP contribution in [0.15, 0.2) is 16.7 Å². The maximum Gasteiger partial charge on any atom is 0.122 e. The van der Waals surface area contributed by atoms with Gasteiger partial charge in [-0.15, -0.1) is 0 Å². The maximum atomic E-state index is 5.53. The number of hydrogen-bond donors (Lipinski definition) is 1. The van der Waals surface area contributed by atoms with Gasteiger partial charge in [0.05, 0.1) is 12.8 Å². The molecule has 1 aromatic heterocycles. The van der Waals surface area contributed by atoms with Crippen molar-refractivity contribution in [2.75, 3.05) is 13.6 Å². The monoisotopic (exact) mass is 238 g/mol. The van der Waals surface area contributed by atoms with E-state index in [1.165, 1.54) is 5.56 Å². The lowest BCUT2D eigenvalue weighted by molar-refractivity contribution is 0.285. The Morgan fingerprint density at radius 1 is 1.29 bits per heavy atom. The molecule has 1 N–H and O–H groups in total. The van der Waals surface area contributed by atoms with Crippen LogP contribution in [0.3, 0.4) is 0 Å². The van der Waals surface area contributed by atoms with Crippen molar-refractivity contribution in [2.45, 2.75) is 46.8 Å². The molecule has 17 heavy (non-hydrogen) atoms. The van der Waals surface area contributed by atoms with Crippen LogP contribution in [0.2, 0.25) is 0 Å². The Labute approximate surface area is 105 Å². The second-order valence-corrected chi connectivity index (χ2v) is 5.50. The van der Waals surface area contributed by atoms with Crippen LogP contribution in [-0.4, -0.2) is 24.5 Å². The van der Waals surface area contributed by atoms with Crippen LogP contribution in [0.25, 0.3) is 0 Å². The van der Waals surface area contributed by atoms with Gasteiger partial charge in [0.2, 0.25) is 0 Å². The van der Waals surface area contributed by atoms with Gasteiger partial charge in [0.1, 0.15) is 5.76 Å². The van der Waals surface area contributed by atoms with E-state index in [-0.39, 0.29) is 0 Å². The van der Waals surface area contributed by atoms with E-state index < -0.39 is 0 Å². The molecular formula is C14H26N2O. The largest absolute Gasteiger partial charge is 0.468 e. The van der Waals surface area contributed by atoms with E-state index in [4.69, 9.17) is 4.42 Å². The van der Waals surface area contributed by atoms with Crippen molar-refractivity contribution >= 4 is 0 Å². The lowest BCUT2D eigenvalue weighted by atomic mass is 10.2. The molecule has 98 valence electrons. The van der Waals surface area contributed by atoms with Crippen molar-refractivity contribution in [1.82, 2.24) is 10.2 Å². The first kappa shape index (κ1) is 14.3. The molecular weight excluding hydrogens is 212 g/mol. The van der Waals surface area contributed by atoms with Crippen LogP contribution < -0.4 is 5.32 Å². The first-order chi connectivity index (χ1) is 7.99. The molecule has 0 amide bonds. The minimum Gasteiger partial charge on any atom is -0.468 e. The highest BCUT2D eigenvalue weighted by Crippen LogP contribution is 2.13. The van der Waals surface area contributed by atoms with Crippen LogP contribution in [-0.2, 0) is 13.1 Å². The Kier molecular flexibility index (Phi) is 5.72. The molecule has 1 rings (SSSR count). The zero-order valence-electron chi connectivity index (χ0n) is 11.8. The third-order valence-corrected chi connectivity index (χ3v) is 2.63. The Balaban J connectivity index is 2.50. The summed E-state index contributed by atoms with van der Waals surface area (Å²) in [6, 6.07) is 2.56. The average molecular weight is 238 g/mol. The van der Waals surface area contributed by atoms with Gasteiger partial charge in [-0.1, -0.05) is 27.7 Å². The summed E-state index contributed by atoms with van der Waals surface area (Å²) >= 11 is 0. The molecule has 0 saturated carbocycles. The standard InChI is InChI=1S/C14H26N2O/c1-11(2)9-16(5)10-13-6-7-17-14(13)8-15-12(3)4/h6-7,11-12,15H,8-10H2,1-5H3. The van der Waals surface area contributed by atoms with Gasteiger partial charge in [-0.25, -0.2) is 0 Å². The molecule has 0 spiro atoms. The summed E-state index contributed by atoms with van der Waals surface area (Å²) in [6.07, 6.45) is 1.79. The van der Waals surface area contributed by atoms with Crippen LogP contribution in [0.4, 0.5) is 0 Å². The summed E-state index contributed by atoms with van der Waals surface area (Å²) in [6.45, 7) is 11.7. The second-order valence-electron chi connectivity index (χ2n) is 5.50. The Bertz CT molecular complexity index is 318. The first-order valence-electron chi connectivity index (χ1n) is 6.46. The van der Waals surface area contributed by atoms with Crippen molar-refractivity contribution in [1.29, 1.82) is 0 Å². The predicted molar refractivity (Wildman–Crippen MR) is 71.9 cm³/mol. The van der Waals surface area contributed by atoms with E-state index in [9.17, 15) is 0 Å². The Morgan fingerprint density at radius 3 is 2.59 bits per heavy atom. The van der Waals surface area contributed by atoms with Gasteiger partial charge < -0.3 is 14.6 Å². The third kappa shape index (κ3) is 5.37. The fourth-order valence-electron chi connectivity index (χ4n) is 1.94. The lowest BCUT2D eigenvalue weighted by Gasteiger charge is -2.18. The molecule has 0 aliphatic heterocycles. The molecule has 3 heteroatoms. The van der Waals surface area contributed by atoms with E-state index in [0.717, 1.165) is 25.4 Å². The number of nitrogens with one attached hydrogen (secondary N) is 1. The molecule has 0 aliphatic carbocycles. The molecule has 0 atom stereocenters. The van der Waals surface area contributed by atoms with Crippen molar-refractivity contribution in [3.05, 3.63) is 23.7 Å². The van der Waals surface area contributed by atoms with Crippen LogP contribution >= 0.6 is 0 Å². The summed E-state index contributed by atoms with van der Waals surface area (Å²) in [5.41, 5.74) is 1.29. The number of hydrogen-bond acceptors (Lipinski definition) is 3. The summed E-state index contributed by atoms with van der Waals surface area (Å²) in [4.78, 5) is 2.34. The maximum absolute atomic E-state index is 5.53. The molecule has 0 unspecified atom stereocenters. The zero-order chi connectivity index (χ0) is 12.8. The van der Waals surface area contributed by atoms with E-state index in [1.807, 2.05) is 0 Å². The minimum atomic E-state index is 0.487. The molecule has 0 aromatic carbocycles. The van der Waals surface area contributed by atoms with Crippen molar-refractivity contribution < 1.29 is 4.42 Å². The van der Waals surface area contributed by atoms with E-state index in [2.05, 4.69) is 51.0 Å². The molecule has 1 heterocycles. The molecule has 0 bridgehead atoms. The summed E-state index contributed by atoms with van der Waals surface area (Å²) < 4.78 is 5.53. The fourth-order valence-corrected chi connectivity index (χ4v) is 1.94. The third-order valence-electron chi connectivity index (χ3n) is 2.63. The van der Waals surface area contributed by atoms with E-state index in [1.54, 1.807) is 6.26 Å². The van der Waals surface area contributed by atoms with Crippen molar-refractivity contribution in [2.24, 2.45) is 5.92 Å². The normalized spacial score (nSPS) is 12.0. The molecule has 0 radical (unpaired) electrons. The van der Waals surface area contributed by atoms with Crippen LogP contribution in [0.1, 0.15) is 39.0 Å². The summed E-state index contributed by atoms with van der Waals surface area (Å²) in [7, 11) is 2.16. The highest BCUT2D eigenvalue weighted by molar-refractivity contribution is 5.16. The topological polar surface area (TPSA) is 28.4 Å². The van der Waals surface area contributed by atoms with E-state index >= 15 is 0 Å². The Hall–Kier alpha value is -0.800. The highest BCUT2D eigenvalue weighted by Gasteiger charge is 2.10. The quantitative estimate of drug-likeness (QED) is 0.792. The summed E-state index contributed by atoms with van der Waals surface area (Å²) in [5, 5.41) is 3.39. The fraction of sp³-hybridized carbons (Fsp3) is 0.714. The van der Waals surface area contributed by atoms with Gasteiger partial charge in [0.25, 0.3) is 0 Å². The first-order valence-corrected chi connectivity index (χ1v) is 6.46. The smallest absolute Gasteiger partial charge is 0.122 e. The minimum absolute atomic E-state index is 0.487. The van der Waals surface area contributed by atoms with Gasteiger partial charge >= 0.3 is 0 Å². The molecule has 3 nitrogen and oxygen atoms in total. The molecule has 0 fully saturated rings. The average Bonchev–Trinajstić information content (AvgIpc) is 2.60. The van der Waals surface area contributed by atoms with Crippen LogP contribution in [0, 0.1) is 5.92 Å². The number of nitrogens with zero attached hydrogens (tertiary/aromatic N) is 1. The van der Waals surface area contributed by atoms with Gasteiger partial charge in [0.15, 0.2) is 0 Å². The van der Waals surface area contributed by atoms with E-state index in [0.29, 0.717) is 12.0 Å². The second kappa shape index (κ2) is 6.82. The number of rotatable bonds is 7. The summed E-state index contributed by atoms with van der Waals surface area (Å²) in [5.74, 6) is 1.76. The number of furan rings is 1.